The summed E-state index contributed by atoms with van der Waals surface area (Å²) in [5.41, 5.74) is 3.05. The Hall–Kier alpha value is -2.13. The van der Waals surface area contributed by atoms with Crippen LogP contribution in [0.2, 0.25) is 0 Å². The van der Waals surface area contributed by atoms with Gasteiger partial charge in [-0.3, -0.25) is 4.79 Å². The molecule has 0 radical (unpaired) electrons. The molecule has 1 N–H and O–H groups in total. The van der Waals surface area contributed by atoms with Crippen LogP contribution in [0.15, 0.2) is 48.5 Å². The largest absolute Gasteiger partial charge is 0.334 e. The summed E-state index contributed by atoms with van der Waals surface area (Å²) >= 11 is 0. The minimum absolute atomic E-state index is 0.258. The first kappa shape index (κ1) is 16.1. The highest BCUT2D eigenvalue weighted by Crippen LogP contribution is 2.52. The highest BCUT2D eigenvalue weighted by molar-refractivity contribution is 5.95. The normalized spacial score (nSPS) is 22.5. The fourth-order valence-corrected chi connectivity index (χ4v) is 5.21. The Kier molecular flexibility index (Phi) is 3.86. The van der Waals surface area contributed by atoms with Crippen LogP contribution in [0.5, 0.6) is 0 Å². The fourth-order valence-electron chi connectivity index (χ4n) is 5.21. The SMILES string of the molecule is O=C(C1CC2(CCNCC2)C1)N1CC=C(c2cccc3ccccc23)C1. The summed E-state index contributed by atoms with van der Waals surface area (Å²) in [6, 6.07) is 15.0. The van der Waals surface area contributed by atoms with E-state index in [2.05, 4.69) is 58.8 Å². The van der Waals surface area contributed by atoms with Crippen molar-refractivity contribution in [3.63, 3.8) is 0 Å². The Balaban J connectivity index is 1.28. The van der Waals surface area contributed by atoms with Gasteiger partial charge in [-0.2, -0.15) is 0 Å². The number of nitrogens with one attached hydrogen (secondary N) is 1. The van der Waals surface area contributed by atoms with Crippen molar-refractivity contribution >= 4 is 22.3 Å². The lowest BCUT2D eigenvalue weighted by Crippen LogP contribution is -2.50. The predicted octanol–water partition coefficient (Wildman–Crippen LogP) is 3.85. The van der Waals surface area contributed by atoms with Crippen LogP contribution in [-0.4, -0.2) is 37.0 Å². The maximum Gasteiger partial charge on any atom is 0.226 e. The zero-order valence-corrected chi connectivity index (χ0v) is 15.2. The maximum absolute atomic E-state index is 13.0. The molecule has 1 aliphatic carbocycles. The third-order valence-corrected chi connectivity index (χ3v) is 6.74. The number of hydrogen-bond donors (Lipinski definition) is 1. The van der Waals surface area contributed by atoms with Gasteiger partial charge in [0.25, 0.3) is 0 Å². The van der Waals surface area contributed by atoms with Crippen molar-refractivity contribution in [1.29, 1.82) is 0 Å². The Morgan fingerprint density at radius 1 is 1.04 bits per heavy atom. The lowest BCUT2D eigenvalue weighted by molar-refractivity contribution is -0.143. The molecule has 2 heterocycles. The number of piperidine rings is 1. The van der Waals surface area contributed by atoms with E-state index in [1.165, 1.54) is 34.8 Å². The molecule has 26 heavy (non-hydrogen) atoms. The van der Waals surface area contributed by atoms with E-state index in [9.17, 15) is 4.79 Å². The molecule has 0 atom stereocenters. The first-order valence-corrected chi connectivity index (χ1v) is 9.91. The lowest BCUT2D eigenvalue weighted by Gasteiger charge is -2.50. The van der Waals surface area contributed by atoms with Crippen molar-refractivity contribution < 1.29 is 4.79 Å². The number of fused-ring (bicyclic) bond motifs is 1. The molecule has 0 unspecified atom stereocenters. The zero-order chi connectivity index (χ0) is 17.6. The topological polar surface area (TPSA) is 32.3 Å². The van der Waals surface area contributed by atoms with Gasteiger partial charge in [0.1, 0.15) is 0 Å². The second kappa shape index (κ2) is 6.24. The van der Waals surface area contributed by atoms with E-state index in [1.807, 2.05) is 0 Å². The van der Waals surface area contributed by atoms with E-state index in [0.717, 1.165) is 39.0 Å². The van der Waals surface area contributed by atoms with Crippen molar-refractivity contribution in [2.75, 3.05) is 26.2 Å². The molecule has 1 amide bonds. The highest BCUT2D eigenvalue weighted by Gasteiger charge is 2.48. The van der Waals surface area contributed by atoms with E-state index >= 15 is 0 Å². The molecule has 1 spiro atoms. The molecular weight excluding hydrogens is 320 g/mol. The Bertz CT molecular complexity index is 865. The van der Waals surface area contributed by atoms with Crippen LogP contribution < -0.4 is 5.32 Å². The number of carbonyl (C=O) groups excluding carboxylic acids is 1. The minimum atomic E-state index is 0.258. The van der Waals surface area contributed by atoms with Gasteiger partial charge in [0.15, 0.2) is 0 Å². The van der Waals surface area contributed by atoms with Crippen LogP contribution in [0.4, 0.5) is 0 Å². The van der Waals surface area contributed by atoms with Crippen LogP contribution in [0.25, 0.3) is 16.3 Å². The second-order valence-electron chi connectivity index (χ2n) is 8.33. The van der Waals surface area contributed by atoms with Crippen molar-refractivity contribution in [3.8, 4) is 0 Å². The highest BCUT2D eigenvalue weighted by atomic mass is 16.2. The maximum atomic E-state index is 13.0. The third-order valence-electron chi connectivity index (χ3n) is 6.74. The summed E-state index contributed by atoms with van der Waals surface area (Å²) < 4.78 is 0. The molecule has 1 saturated heterocycles. The number of amides is 1. The second-order valence-corrected chi connectivity index (χ2v) is 8.33. The standard InChI is InChI=1S/C23H26N2O/c26-22(19-14-23(15-19)9-11-24-12-10-23)25-13-8-18(16-25)21-7-3-5-17-4-1-2-6-20(17)21/h1-8,19,24H,9-16H2. The number of hydrogen-bond acceptors (Lipinski definition) is 2. The molecule has 0 aromatic heterocycles. The predicted molar refractivity (Wildman–Crippen MR) is 106 cm³/mol. The summed E-state index contributed by atoms with van der Waals surface area (Å²) in [5, 5.41) is 5.99. The van der Waals surface area contributed by atoms with Gasteiger partial charge in [-0.15, -0.1) is 0 Å². The van der Waals surface area contributed by atoms with Gasteiger partial charge in [-0.05, 0) is 66.1 Å². The molecule has 2 aliphatic heterocycles. The van der Waals surface area contributed by atoms with Crippen LogP contribution in [-0.2, 0) is 4.79 Å². The Labute approximate surface area is 155 Å². The zero-order valence-electron chi connectivity index (χ0n) is 15.2. The first-order valence-electron chi connectivity index (χ1n) is 9.91. The molecule has 5 rings (SSSR count). The minimum Gasteiger partial charge on any atom is -0.334 e. The van der Waals surface area contributed by atoms with Gasteiger partial charge in [0, 0.05) is 19.0 Å². The number of nitrogens with zero attached hydrogens (tertiary/aromatic N) is 1. The molecule has 3 nitrogen and oxygen atoms in total. The lowest BCUT2D eigenvalue weighted by atomic mass is 9.57. The third kappa shape index (κ3) is 2.66. The number of benzene rings is 2. The van der Waals surface area contributed by atoms with E-state index in [-0.39, 0.29) is 5.92 Å². The summed E-state index contributed by atoms with van der Waals surface area (Å²) in [5.74, 6) is 0.633. The molecule has 1 saturated carbocycles. The molecule has 2 aromatic carbocycles. The summed E-state index contributed by atoms with van der Waals surface area (Å²) in [4.78, 5) is 15.0. The molecule has 3 aliphatic rings. The van der Waals surface area contributed by atoms with E-state index in [0.29, 0.717) is 11.3 Å². The molecule has 0 bridgehead atoms. The molecule has 2 fully saturated rings. The van der Waals surface area contributed by atoms with E-state index in [4.69, 9.17) is 0 Å². The Morgan fingerprint density at radius 3 is 2.65 bits per heavy atom. The Morgan fingerprint density at radius 2 is 1.81 bits per heavy atom. The smallest absolute Gasteiger partial charge is 0.226 e. The number of rotatable bonds is 2. The average Bonchev–Trinajstić information content (AvgIpc) is 3.15. The monoisotopic (exact) mass is 346 g/mol. The van der Waals surface area contributed by atoms with E-state index in [1.54, 1.807) is 0 Å². The van der Waals surface area contributed by atoms with Gasteiger partial charge in [0.2, 0.25) is 5.91 Å². The number of carbonyl (C=O) groups is 1. The fraction of sp³-hybridized carbons (Fsp3) is 0.435. The molecule has 134 valence electrons. The van der Waals surface area contributed by atoms with Gasteiger partial charge in [-0.25, -0.2) is 0 Å². The van der Waals surface area contributed by atoms with Gasteiger partial charge >= 0.3 is 0 Å². The molecule has 3 heteroatoms. The van der Waals surface area contributed by atoms with Crippen molar-refractivity contribution in [3.05, 3.63) is 54.1 Å². The van der Waals surface area contributed by atoms with Crippen LogP contribution in [0.1, 0.15) is 31.2 Å². The molecular formula is C23H26N2O. The van der Waals surface area contributed by atoms with Gasteiger partial charge in [-0.1, -0.05) is 48.5 Å². The van der Waals surface area contributed by atoms with Crippen molar-refractivity contribution in [2.24, 2.45) is 11.3 Å². The van der Waals surface area contributed by atoms with Crippen LogP contribution in [0, 0.1) is 11.3 Å². The van der Waals surface area contributed by atoms with Crippen LogP contribution in [0.3, 0.4) is 0 Å². The molecule has 2 aromatic rings. The van der Waals surface area contributed by atoms with Gasteiger partial charge in [0.05, 0.1) is 0 Å². The average molecular weight is 346 g/mol. The summed E-state index contributed by atoms with van der Waals surface area (Å²) in [7, 11) is 0. The first-order chi connectivity index (χ1) is 12.7. The summed E-state index contributed by atoms with van der Waals surface area (Å²) in [6.07, 6.45) is 6.95. The summed E-state index contributed by atoms with van der Waals surface area (Å²) in [6.45, 7) is 3.77. The van der Waals surface area contributed by atoms with Crippen molar-refractivity contribution in [1.82, 2.24) is 10.2 Å². The quantitative estimate of drug-likeness (QED) is 0.896. The van der Waals surface area contributed by atoms with Crippen LogP contribution >= 0.6 is 0 Å². The van der Waals surface area contributed by atoms with Gasteiger partial charge < -0.3 is 10.2 Å². The van der Waals surface area contributed by atoms with E-state index < -0.39 is 0 Å². The van der Waals surface area contributed by atoms with Crippen molar-refractivity contribution in [2.45, 2.75) is 25.7 Å².